The zero-order valence-corrected chi connectivity index (χ0v) is 13.6. The lowest BCUT2D eigenvalue weighted by Gasteiger charge is -2.32. The second kappa shape index (κ2) is 6.40. The van der Waals surface area contributed by atoms with Crippen LogP contribution in [-0.4, -0.2) is 29.2 Å². The number of alkyl halides is 1. The number of carbonyl (C=O) groups is 1. The van der Waals surface area contributed by atoms with Crippen LogP contribution in [0, 0.1) is 12.8 Å². The summed E-state index contributed by atoms with van der Waals surface area (Å²) < 4.78 is 0. The number of nitrogens with zero attached hydrogens (tertiary/aromatic N) is 1. The van der Waals surface area contributed by atoms with E-state index in [9.17, 15) is 4.79 Å². The Labute approximate surface area is 125 Å². The van der Waals surface area contributed by atoms with E-state index in [1.165, 1.54) is 17.8 Å². The van der Waals surface area contributed by atoms with E-state index in [1.807, 2.05) is 17.2 Å². The highest BCUT2D eigenvalue weighted by Crippen LogP contribution is 2.30. The average molecular weight is 351 g/mol. The van der Waals surface area contributed by atoms with Crippen LogP contribution >= 0.6 is 38.9 Å². The van der Waals surface area contributed by atoms with Gasteiger partial charge in [-0.05, 0) is 43.0 Å². The highest BCUT2D eigenvalue weighted by Gasteiger charge is 2.26. The molecule has 1 atom stereocenters. The zero-order valence-electron chi connectivity index (χ0n) is 10.4. The first-order chi connectivity index (χ1) is 8.63. The molecule has 1 aromatic heterocycles. The Morgan fingerprint density at radius 2 is 2.44 bits per heavy atom. The summed E-state index contributed by atoms with van der Waals surface area (Å²) in [5.74, 6) is 0.735. The van der Waals surface area contributed by atoms with Gasteiger partial charge in [-0.25, -0.2) is 0 Å². The van der Waals surface area contributed by atoms with Crippen LogP contribution in [0.15, 0.2) is 5.38 Å². The normalized spacial score (nSPS) is 20.2. The largest absolute Gasteiger partial charge is 0.338 e. The lowest BCUT2D eigenvalue weighted by molar-refractivity contribution is 0.0677. The molecule has 1 saturated heterocycles. The molecule has 2 rings (SSSR count). The second-order valence-electron chi connectivity index (χ2n) is 4.80. The fourth-order valence-corrected chi connectivity index (χ4v) is 4.25. The van der Waals surface area contributed by atoms with E-state index in [4.69, 9.17) is 11.6 Å². The quantitative estimate of drug-likeness (QED) is 0.742. The highest BCUT2D eigenvalue weighted by molar-refractivity contribution is 9.09. The van der Waals surface area contributed by atoms with Crippen LogP contribution in [0.1, 0.15) is 34.5 Å². The van der Waals surface area contributed by atoms with Crippen LogP contribution < -0.4 is 0 Å². The SMILES string of the molecule is Cc1csc(C(=O)N2CCCC(CCBr)C2)c1Cl. The van der Waals surface area contributed by atoms with Gasteiger partial charge in [0.1, 0.15) is 4.88 Å². The van der Waals surface area contributed by atoms with Gasteiger partial charge >= 0.3 is 0 Å². The van der Waals surface area contributed by atoms with Gasteiger partial charge in [-0.15, -0.1) is 11.3 Å². The van der Waals surface area contributed by atoms with Gasteiger partial charge in [0.05, 0.1) is 5.02 Å². The summed E-state index contributed by atoms with van der Waals surface area (Å²) >= 11 is 11.1. The Morgan fingerprint density at radius 3 is 3.06 bits per heavy atom. The Hall–Kier alpha value is -0.0600. The van der Waals surface area contributed by atoms with Crippen molar-refractivity contribution in [3.05, 3.63) is 20.8 Å². The number of aryl methyl sites for hydroxylation is 1. The maximum absolute atomic E-state index is 12.4. The van der Waals surface area contributed by atoms with Crippen LogP contribution in [0.25, 0.3) is 0 Å². The van der Waals surface area contributed by atoms with E-state index in [-0.39, 0.29) is 5.91 Å². The van der Waals surface area contributed by atoms with Crippen LogP contribution in [0.5, 0.6) is 0 Å². The minimum Gasteiger partial charge on any atom is -0.338 e. The average Bonchev–Trinajstić information content (AvgIpc) is 2.70. The number of carbonyl (C=O) groups excluding carboxylic acids is 1. The molecule has 2 nitrogen and oxygen atoms in total. The van der Waals surface area contributed by atoms with Crippen molar-refractivity contribution in [3.8, 4) is 0 Å². The summed E-state index contributed by atoms with van der Waals surface area (Å²) in [6.07, 6.45) is 3.47. The molecule has 1 aromatic rings. The third-order valence-corrected chi connectivity index (χ3v) is 5.56. The van der Waals surface area contributed by atoms with Crippen LogP contribution in [0.4, 0.5) is 0 Å². The summed E-state index contributed by atoms with van der Waals surface area (Å²) in [5, 5.41) is 3.60. The minimum absolute atomic E-state index is 0.109. The molecule has 1 aliphatic rings. The first-order valence-electron chi connectivity index (χ1n) is 6.22. The highest BCUT2D eigenvalue weighted by atomic mass is 79.9. The number of hydrogen-bond acceptors (Lipinski definition) is 2. The van der Waals surface area contributed by atoms with Crippen LogP contribution in [0.2, 0.25) is 5.02 Å². The number of hydrogen-bond donors (Lipinski definition) is 0. The molecule has 0 radical (unpaired) electrons. The second-order valence-corrected chi connectivity index (χ2v) is 6.85. The van der Waals surface area contributed by atoms with Crippen LogP contribution in [0.3, 0.4) is 0 Å². The van der Waals surface area contributed by atoms with E-state index in [0.717, 1.165) is 36.8 Å². The van der Waals surface area contributed by atoms with Gasteiger partial charge in [-0.3, -0.25) is 4.79 Å². The predicted octanol–water partition coefficient (Wildman–Crippen LogP) is 4.35. The Kier molecular flexibility index (Phi) is 5.10. The molecule has 2 heterocycles. The van der Waals surface area contributed by atoms with Crippen molar-refractivity contribution in [1.29, 1.82) is 0 Å². The van der Waals surface area contributed by atoms with Gasteiger partial charge in [0.2, 0.25) is 0 Å². The molecule has 1 amide bonds. The third-order valence-electron chi connectivity index (χ3n) is 3.42. The number of likely N-dealkylation sites (tertiary alicyclic amines) is 1. The van der Waals surface area contributed by atoms with Crippen molar-refractivity contribution >= 4 is 44.8 Å². The maximum atomic E-state index is 12.4. The van der Waals surface area contributed by atoms with Gasteiger partial charge in [0.25, 0.3) is 5.91 Å². The number of amides is 1. The van der Waals surface area contributed by atoms with Crippen molar-refractivity contribution < 1.29 is 4.79 Å². The van der Waals surface area contributed by atoms with Gasteiger partial charge in [-0.1, -0.05) is 27.5 Å². The third kappa shape index (κ3) is 3.09. The van der Waals surface area contributed by atoms with Crippen molar-refractivity contribution in [3.63, 3.8) is 0 Å². The van der Waals surface area contributed by atoms with Gasteiger partial charge in [-0.2, -0.15) is 0 Å². The summed E-state index contributed by atoms with van der Waals surface area (Å²) in [6.45, 7) is 3.68. The lowest BCUT2D eigenvalue weighted by atomic mass is 9.95. The molecule has 100 valence electrons. The monoisotopic (exact) mass is 349 g/mol. The Morgan fingerprint density at radius 1 is 1.67 bits per heavy atom. The number of rotatable bonds is 3. The number of thiophene rings is 1. The van der Waals surface area contributed by atoms with E-state index in [0.29, 0.717) is 15.8 Å². The molecular formula is C13H17BrClNOS. The summed E-state index contributed by atoms with van der Waals surface area (Å²) in [7, 11) is 0. The standard InChI is InChI=1S/C13H17BrClNOS/c1-9-8-18-12(11(9)15)13(17)16-6-2-3-10(7-16)4-5-14/h8,10H,2-7H2,1H3. The molecule has 5 heteroatoms. The lowest BCUT2D eigenvalue weighted by Crippen LogP contribution is -2.39. The summed E-state index contributed by atoms with van der Waals surface area (Å²) in [6, 6.07) is 0. The fourth-order valence-electron chi connectivity index (χ4n) is 2.36. The molecule has 0 spiro atoms. The van der Waals surface area contributed by atoms with E-state index in [2.05, 4.69) is 15.9 Å². The van der Waals surface area contributed by atoms with E-state index in [1.54, 1.807) is 0 Å². The molecule has 0 aromatic carbocycles. The molecule has 1 unspecified atom stereocenters. The number of piperidine rings is 1. The molecule has 0 N–H and O–H groups in total. The molecule has 0 bridgehead atoms. The van der Waals surface area contributed by atoms with E-state index < -0.39 is 0 Å². The van der Waals surface area contributed by atoms with Crippen molar-refractivity contribution in [2.24, 2.45) is 5.92 Å². The smallest absolute Gasteiger partial charge is 0.265 e. The maximum Gasteiger partial charge on any atom is 0.265 e. The van der Waals surface area contributed by atoms with Gasteiger partial charge < -0.3 is 4.90 Å². The van der Waals surface area contributed by atoms with Crippen molar-refractivity contribution in [2.45, 2.75) is 26.2 Å². The van der Waals surface area contributed by atoms with Gasteiger partial charge in [0.15, 0.2) is 0 Å². The van der Waals surface area contributed by atoms with Crippen molar-refractivity contribution in [1.82, 2.24) is 4.90 Å². The van der Waals surface area contributed by atoms with E-state index >= 15 is 0 Å². The molecule has 0 aliphatic carbocycles. The minimum atomic E-state index is 0.109. The van der Waals surface area contributed by atoms with Crippen molar-refractivity contribution in [2.75, 3.05) is 18.4 Å². The molecule has 1 fully saturated rings. The molecule has 0 saturated carbocycles. The van der Waals surface area contributed by atoms with Gasteiger partial charge in [0, 0.05) is 18.4 Å². The summed E-state index contributed by atoms with van der Waals surface area (Å²) in [4.78, 5) is 15.1. The molecule has 1 aliphatic heterocycles. The zero-order chi connectivity index (χ0) is 13.1. The van der Waals surface area contributed by atoms with Crippen LogP contribution in [-0.2, 0) is 0 Å². The first-order valence-corrected chi connectivity index (χ1v) is 8.60. The molecule has 18 heavy (non-hydrogen) atoms. The topological polar surface area (TPSA) is 20.3 Å². The first kappa shape index (κ1) is 14.4. The summed E-state index contributed by atoms with van der Waals surface area (Å²) in [5.41, 5.74) is 0.999. The number of halogens is 2. The Bertz CT molecular complexity index is 433. The fraction of sp³-hybridized carbons (Fsp3) is 0.615. The predicted molar refractivity (Wildman–Crippen MR) is 81.1 cm³/mol. The Balaban J connectivity index is 2.07. The molecular weight excluding hydrogens is 334 g/mol.